The van der Waals surface area contributed by atoms with Crippen molar-refractivity contribution < 1.29 is 19.6 Å². The van der Waals surface area contributed by atoms with Gasteiger partial charge in [-0.1, -0.05) is 18.6 Å². The first-order chi connectivity index (χ1) is 12.8. The molecule has 2 heterocycles. The average molecular weight is 360 g/mol. The lowest BCUT2D eigenvalue weighted by Crippen LogP contribution is -2.38. The topological polar surface area (TPSA) is 47.9 Å². The zero-order chi connectivity index (χ0) is 17.8. The van der Waals surface area contributed by atoms with Gasteiger partial charge < -0.3 is 9.84 Å². The van der Waals surface area contributed by atoms with Gasteiger partial charge in [0.25, 0.3) is 0 Å². The predicted molar refractivity (Wildman–Crippen MR) is 99.9 cm³/mol. The van der Waals surface area contributed by atoms with E-state index in [0.29, 0.717) is 24.4 Å². The lowest BCUT2D eigenvalue weighted by atomic mass is 9.70. The number of rotatable bonds is 1. The minimum absolute atomic E-state index is 0.254. The van der Waals surface area contributed by atoms with E-state index in [9.17, 15) is 5.11 Å². The molecule has 2 aliphatic heterocycles. The maximum atomic E-state index is 9.81. The SMILES string of the molecule is Oc1cccc([C@@H]2CCCCOC3CC4CC(C3)CC(C4)OOCC2)c1. The fourth-order valence-electron chi connectivity index (χ4n) is 5.28. The molecule has 144 valence electrons. The Balaban J connectivity index is 1.40. The summed E-state index contributed by atoms with van der Waals surface area (Å²) in [5.74, 6) is 2.22. The highest BCUT2D eigenvalue weighted by Crippen LogP contribution is 2.42. The summed E-state index contributed by atoms with van der Waals surface area (Å²) in [7, 11) is 0. The third-order valence-corrected chi connectivity index (χ3v) is 6.45. The van der Waals surface area contributed by atoms with E-state index in [-0.39, 0.29) is 6.10 Å². The lowest BCUT2D eigenvalue weighted by molar-refractivity contribution is -0.335. The normalized spacial score (nSPS) is 36.4. The first-order valence-corrected chi connectivity index (χ1v) is 10.4. The van der Waals surface area contributed by atoms with Crippen LogP contribution in [0.3, 0.4) is 0 Å². The van der Waals surface area contributed by atoms with Crippen LogP contribution in [0.5, 0.6) is 5.75 Å². The largest absolute Gasteiger partial charge is 0.508 e. The smallest absolute Gasteiger partial charge is 0.115 e. The Hall–Kier alpha value is -1.10. The van der Waals surface area contributed by atoms with Gasteiger partial charge in [-0.05, 0) is 86.8 Å². The van der Waals surface area contributed by atoms with Crippen LogP contribution in [0.4, 0.5) is 0 Å². The molecule has 0 radical (unpaired) electrons. The highest BCUT2D eigenvalue weighted by atomic mass is 17.2. The average Bonchev–Trinajstić information content (AvgIpc) is 2.62. The van der Waals surface area contributed by atoms with Gasteiger partial charge >= 0.3 is 0 Å². The van der Waals surface area contributed by atoms with Crippen LogP contribution in [-0.2, 0) is 14.5 Å². The van der Waals surface area contributed by atoms with E-state index in [1.54, 1.807) is 6.07 Å². The van der Waals surface area contributed by atoms with Crippen molar-refractivity contribution in [3.8, 4) is 5.75 Å². The molecule has 4 fully saturated rings. The second-order valence-electron chi connectivity index (χ2n) is 8.52. The summed E-state index contributed by atoms with van der Waals surface area (Å²) in [6.45, 7) is 1.50. The summed E-state index contributed by atoms with van der Waals surface area (Å²) in [6.07, 6.45) is 11.0. The van der Waals surface area contributed by atoms with E-state index < -0.39 is 0 Å². The molecule has 1 N–H and O–H groups in total. The third kappa shape index (κ3) is 4.79. The first kappa shape index (κ1) is 18.3. The molecule has 2 unspecified atom stereocenters. The van der Waals surface area contributed by atoms with Gasteiger partial charge in [0, 0.05) is 6.61 Å². The second kappa shape index (κ2) is 8.73. The molecule has 0 amide bonds. The number of hydrogen-bond acceptors (Lipinski definition) is 4. The molecule has 4 nitrogen and oxygen atoms in total. The van der Waals surface area contributed by atoms with Gasteiger partial charge in [0.1, 0.15) is 5.75 Å². The van der Waals surface area contributed by atoms with Gasteiger partial charge in [-0.2, -0.15) is 0 Å². The molecule has 2 aliphatic carbocycles. The van der Waals surface area contributed by atoms with Gasteiger partial charge in [-0.25, -0.2) is 9.78 Å². The van der Waals surface area contributed by atoms with Crippen LogP contribution in [0.15, 0.2) is 24.3 Å². The van der Waals surface area contributed by atoms with E-state index in [4.69, 9.17) is 14.5 Å². The Kier molecular flexibility index (Phi) is 6.13. The Morgan fingerprint density at radius 2 is 1.65 bits per heavy atom. The highest BCUT2D eigenvalue weighted by molar-refractivity contribution is 5.29. The van der Waals surface area contributed by atoms with Gasteiger partial charge in [0.05, 0.1) is 18.8 Å². The van der Waals surface area contributed by atoms with Crippen molar-refractivity contribution in [1.82, 2.24) is 0 Å². The number of phenolic OH excluding ortho intramolecular Hbond substituents is 1. The van der Waals surface area contributed by atoms with Crippen molar-refractivity contribution in [3.05, 3.63) is 29.8 Å². The van der Waals surface area contributed by atoms with Crippen LogP contribution in [0.2, 0.25) is 0 Å². The minimum atomic E-state index is 0.254. The van der Waals surface area contributed by atoms with E-state index in [1.165, 1.54) is 24.8 Å². The lowest BCUT2D eigenvalue weighted by Gasteiger charge is -2.41. The highest BCUT2D eigenvalue weighted by Gasteiger charge is 2.37. The van der Waals surface area contributed by atoms with Crippen molar-refractivity contribution in [1.29, 1.82) is 0 Å². The van der Waals surface area contributed by atoms with Gasteiger partial charge in [0.2, 0.25) is 0 Å². The maximum Gasteiger partial charge on any atom is 0.115 e. The predicted octanol–water partition coefficient (Wildman–Crippen LogP) is 4.96. The summed E-state index contributed by atoms with van der Waals surface area (Å²) in [5.41, 5.74) is 1.19. The van der Waals surface area contributed by atoms with Crippen LogP contribution in [0.25, 0.3) is 0 Å². The maximum absolute atomic E-state index is 9.81. The summed E-state index contributed by atoms with van der Waals surface area (Å²) >= 11 is 0. The summed E-state index contributed by atoms with van der Waals surface area (Å²) in [6, 6.07) is 7.65. The first-order valence-electron chi connectivity index (χ1n) is 10.4. The summed E-state index contributed by atoms with van der Waals surface area (Å²) in [5, 5.41) is 9.81. The molecule has 4 heteroatoms. The van der Waals surface area contributed by atoms with Gasteiger partial charge in [-0.15, -0.1) is 0 Å². The van der Waals surface area contributed by atoms with E-state index >= 15 is 0 Å². The molecule has 2 saturated carbocycles. The van der Waals surface area contributed by atoms with Crippen molar-refractivity contribution >= 4 is 0 Å². The van der Waals surface area contributed by atoms with Crippen LogP contribution < -0.4 is 0 Å². The molecule has 5 rings (SSSR count). The van der Waals surface area contributed by atoms with E-state index in [2.05, 4.69) is 6.07 Å². The molecule has 1 aromatic rings. The molecule has 0 aromatic heterocycles. The van der Waals surface area contributed by atoms with Gasteiger partial charge in [-0.3, -0.25) is 0 Å². The molecule has 4 aliphatic rings. The fraction of sp³-hybridized carbons (Fsp3) is 0.727. The summed E-state index contributed by atoms with van der Waals surface area (Å²) in [4.78, 5) is 11.5. The fourth-order valence-corrected chi connectivity index (χ4v) is 5.28. The number of phenols is 1. The zero-order valence-electron chi connectivity index (χ0n) is 15.6. The van der Waals surface area contributed by atoms with Crippen molar-refractivity contribution in [2.24, 2.45) is 11.8 Å². The van der Waals surface area contributed by atoms with E-state index in [0.717, 1.165) is 57.0 Å². The zero-order valence-corrected chi connectivity index (χ0v) is 15.6. The minimum Gasteiger partial charge on any atom is -0.508 e. The van der Waals surface area contributed by atoms with Crippen LogP contribution in [0.1, 0.15) is 69.3 Å². The number of hydrogen-bond donors (Lipinski definition) is 1. The monoisotopic (exact) mass is 360 g/mol. The Labute approximate surface area is 156 Å². The molecule has 26 heavy (non-hydrogen) atoms. The third-order valence-electron chi connectivity index (χ3n) is 6.45. The molecule has 0 spiro atoms. The molecule has 4 bridgehead atoms. The van der Waals surface area contributed by atoms with Crippen molar-refractivity contribution in [3.63, 3.8) is 0 Å². The number of fused-ring (bicyclic) bond motifs is 9. The van der Waals surface area contributed by atoms with E-state index in [1.807, 2.05) is 12.1 Å². The van der Waals surface area contributed by atoms with Crippen LogP contribution >= 0.6 is 0 Å². The van der Waals surface area contributed by atoms with Gasteiger partial charge in [0.15, 0.2) is 0 Å². The molecular weight excluding hydrogens is 328 g/mol. The molecular formula is C22H32O4. The quantitative estimate of drug-likeness (QED) is 0.719. The number of ether oxygens (including phenoxy) is 1. The second-order valence-corrected chi connectivity index (χ2v) is 8.52. The van der Waals surface area contributed by atoms with Crippen molar-refractivity contribution in [2.75, 3.05) is 13.2 Å². The molecule has 2 saturated heterocycles. The Morgan fingerprint density at radius 3 is 2.46 bits per heavy atom. The number of benzene rings is 1. The summed E-state index contributed by atoms with van der Waals surface area (Å²) < 4.78 is 6.23. The van der Waals surface area contributed by atoms with Crippen molar-refractivity contribution in [2.45, 2.75) is 75.9 Å². The molecule has 1 aromatic carbocycles. The standard InChI is InChI=1S/C22H32O4/c23-20-6-3-5-19(15-20)18-4-1-2-8-24-21-11-16-10-17(12-21)14-22(13-16)26-25-9-7-18/h3,5-6,15-18,21-23H,1-2,4,7-14H2/t16?,17?,18-,21?,22?/m1/s1. The molecule has 3 atom stereocenters. The number of aromatic hydroxyl groups is 1. The van der Waals surface area contributed by atoms with Crippen LogP contribution in [0, 0.1) is 11.8 Å². The Morgan fingerprint density at radius 1 is 0.846 bits per heavy atom. The Bertz CT molecular complexity index is 561. The van der Waals surface area contributed by atoms with Crippen LogP contribution in [-0.4, -0.2) is 30.5 Å².